The van der Waals surface area contributed by atoms with Crippen LogP contribution in [0.1, 0.15) is 26.2 Å². The monoisotopic (exact) mass is 301 g/mol. The van der Waals surface area contributed by atoms with Crippen LogP contribution >= 0.6 is 0 Å². The van der Waals surface area contributed by atoms with Crippen molar-refractivity contribution in [3.63, 3.8) is 0 Å². The van der Waals surface area contributed by atoms with Crippen LogP contribution in [-0.2, 0) is 4.79 Å². The van der Waals surface area contributed by atoms with E-state index in [1.54, 1.807) is 0 Å². The SMILES string of the molecule is C[C@H]1CCCCN1CC(=O)N1CCN(c2ccccc2)CC1. The number of benzene rings is 1. The summed E-state index contributed by atoms with van der Waals surface area (Å²) in [5.41, 5.74) is 1.26. The van der Waals surface area contributed by atoms with Gasteiger partial charge in [-0.25, -0.2) is 0 Å². The lowest BCUT2D eigenvalue weighted by Gasteiger charge is -2.38. The zero-order valence-corrected chi connectivity index (χ0v) is 13.6. The molecular weight excluding hydrogens is 274 g/mol. The fourth-order valence-electron chi connectivity index (χ4n) is 3.52. The van der Waals surface area contributed by atoms with Gasteiger partial charge >= 0.3 is 0 Å². The predicted octanol–water partition coefficient (Wildman–Crippen LogP) is 2.21. The van der Waals surface area contributed by atoms with Crippen LogP contribution in [0, 0.1) is 0 Å². The molecule has 0 saturated carbocycles. The Hall–Kier alpha value is -1.55. The van der Waals surface area contributed by atoms with Crippen LogP contribution in [0.25, 0.3) is 0 Å². The molecule has 2 heterocycles. The van der Waals surface area contributed by atoms with Crippen LogP contribution in [0.2, 0.25) is 0 Å². The first-order chi connectivity index (χ1) is 10.7. The van der Waals surface area contributed by atoms with Gasteiger partial charge in [0.15, 0.2) is 0 Å². The smallest absolute Gasteiger partial charge is 0.236 e. The number of para-hydroxylation sites is 1. The van der Waals surface area contributed by atoms with Crippen LogP contribution < -0.4 is 4.90 Å². The summed E-state index contributed by atoms with van der Waals surface area (Å²) >= 11 is 0. The van der Waals surface area contributed by atoms with E-state index >= 15 is 0 Å². The quantitative estimate of drug-likeness (QED) is 0.856. The normalized spacial score (nSPS) is 23.6. The number of nitrogens with zero attached hydrogens (tertiary/aromatic N) is 3. The highest BCUT2D eigenvalue weighted by atomic mass is 16.2. The number of anilines is 1. The van der Waals surface area contributed by atoms with Gasteiger partial charge in [0, 0.05) is 37.9 Å². The highest BCUT2D eigenvalue weighted by Crippen LogP contribution is 2.18. The van der Waals surface area contributed by atoms with E-state index in [1.165, 1.54) is 24.9 Å². The third-order valence-electron chi connectivity index (χ3n) is 5.03. The molecule has 4 heteroatoms. The van der Waals surface area contributed by atoms with E-state index < -0.39 is 0 Å². The molecule has 2 fully saturated rings. The largest absolute Gasteiger partial charge is 0.368 e. The topological polar surface area (TPSA) is 26.8 Å². The molecule has 0 N–H and O–H groups in total. The molecule has 2 aliphatic rings. The molecular formula is C18H27N3O. The second-order valence-electron chi connectivity index (χ2n) is 6.52. The van der Waals surface area contributed by atoms with Gasteiger partial charge in [0.2, 0.25) is 5.91 Å². The fraction of sp³-hybridized carbons (Fsp3) is 0.611. The highest BCUT2D eigenvalue weighted by molar-refractivity contribution is 5.78. The van der Waals surface area contributed by atoms with Gasteiger partial charge < -0.3 is 9.80 Å². The summed E-state index contributed by atoms with van der Waals surface area (Å²) in [6.45, 7) is 7.49. The number of amides is 1. The van der Waals surface area contributed by atoms with Crippen LogP contribution in [0.3, 0.4) is 0 Å². The second-order valence-corrected chi connectivity index (χ2v) is 6.52. The summed E-state index contributed by atoms with van der Waals surface area (Å²) in [7, 11) is 0. The van der Waals surface area contributed by atoms with Gasteiger partial charge in [-0.3, -0.25) is 9.69 Å². The Kier molecular flexibility index (Phi) is 4.98. The minimum atomic E-state index is 0.307. The Morgan fingerprint density at radius 2 is 1.77 bits per heavy atom. The number of rotatable bonds is 3. The zero-order valence-electron chi connectivity index (χ0n) is 13.6. The highest BCUT2D eigenvalue weighted by Gasteiger charge is 2.25. The first-order valence-corrected chi connectivity index (χ1v) is 8.56. The van der Waals surface area contributed by atoms with Crippen molar-refractivity contribution >= 4 is 11.6 Å². The maximum atomic E-state index is 12.5. The summed E-state index contributed by atoms with van der Waals surface area (Å²) in [5, 5.41) is 0. The van der Waals surface area contributed by atoms with Gasteiger partial charge in [-0.2, -0.15) is 0 Å². The van der Waals surface area contributed by atoms with Crippen molar-refractivity contribution in [3.8, 4) is 0 Å². The maximum Gasteiger partial charge on any atom is 0.236 e. The van der Waals surface area contributed by atoms with Crippen LogP contribution in [0.15, 0.2) is 30.3 Å². The van der Waals surface area contributed by atoms with Gasteiger partial charge in [0.1, 0.15) is 0 Å². The van der Waals surface area contributed by atoms with Crippen molar-refractivity contribution in [1.82, 2.24) is 9.80 Å². The Balaban J connectivity index is 1.49. The average molecular weight is 301 g/mol. The van der Waals surface area contributed by atoms with Crippen LogP contribution in [-0.4, -0.2) is 61.0 Å². The van der Waals surface area contributed by atoms with E-state index in [4.69, 9.17) is 0 Å². The molecule has 0 radical (unpaired) electrons. The molecule has 4 nitrogen and oxygen atoms in total. The molecule has 1 amide bonds. The molecule has 2 aliphatic heterocycles. The molecule has 22 heavy (non-hydrogen) atoms. The summed E-state index contributed by atoms with van der Waals surface area (Å²) in [6.07, 6.45) is 3.77. The molecule has 1 aromatic carbocycles. The number of piperazine rings is 1. The lowest BCUT2D eigenvalue weighted by atomic mass is 10.0. The summed E-state index contributed by atoms with van der Waals surface area (Å²) < 4.78 is 0. The summed E-state index contributed by atoms with van der Waals surface area (Å²) in [4.78, 5) is 19.3. The molecule has 120 valence electrons. The molecule has 0 bridgehead atoms. The fourth-order valence-corrected chi connectivity index (χ4v) is 3.52. The number of carbonyl (C=O) groups is 1. The van der Waals surface area contributed by atoms with E-state index in [9.17, 15) is 4.79 Å². The van der Waals surface area contributed by atoms with Crippen molar-refractivity contribution in [2.24, 2.45) is 0 Å². The van der Waals surface area contributed by atoms with Crippen molar-refractivity contribution in [1.29, 1.82) is 0 Å². The van der Waals surface area contributed by atoms with Crippen molar-refractivity contribution < 1.29 is 4.79 Å². The van der Waals surface area contributed by atoms with E-state index in [1.807, 2.05) is 11.0 Å². The standard InChI is InChI=1S/C18H27N3O/c1-16-7-5-6-10-21(16)15-18(22)20-13-11-19(12-14-20)17-8-3-2-4-9-17/h2-4,8-9,16H,5-7,10-15H2,1H3/t16-/m0/s1. The molecule has 0 spiro atoms. The second kappa shape index (κ2) is 7.14. The Bertz CT molecular complexity index is 482. The van der Waals surface area contributed by atoms with Crippen molar-refractivity contribution in [2.45, 2.75) is 32.2 Å². The average Bonchev–Trinajstić information content (AvgIpc) is 2.58. The van der Waals surface area contributed by atoms with E-state index in [0.717, 1.165) is 32.7 Å². The number of carbonyl (C=O) groups excluding carboxylic acids is 1. The molecule has 0 unspecified atom stereocenters. The molecule has 2 saturated heterocycles. The van der Waals surface area contributed by atoms with Gasteiger partial charge in [0.05, 0.1) is 6.54 Å². The van der Waals surface area contributed by atoms with Gasteiger partial charge in [-0.15, -0.1) is 0 Å². The van der Waals surface area contributed by atoms with E-state index in [0.29, 0.717) is 18.5 Å². The minimum Gasteiger partial charge on any atom is -0.368 e. The summed E-state index contributed by atoms with van der Waals surface area (Å²) in [5.74, 6) is 0.307. The van der Waals surface area contributed by atoms with Crippen molar-refractivity contribution in [3.05, 3.63) is 30.3 Å². The number of likely N-dealkylation sites (tertiary alicyclic amines) is 1. The third-order valence-corrected chi connectivity index (χ3v) is 5.03. The van der Waals surface area contributed by atoms with Gasteiger partial charge in [-0.1, -0.05) is 24.6 Å². The van der Waals surface area contributed by atoms with Gasteiger partial charge in [0.25, 0.3) is 0 Å². The Labute approximate surface area is 133 Å². The maximum absolute atomic E-state index is 12.5. The molecule has 0 aromatic heterocycles. The lowest BCUT2D eigenvalue weighted by Crippen LogP contribution is -2.52. The lowest BCUT2D eigenvalue weighted by molar-refractivity contribution is -0.133. The molecule has 1 aromatic rings. The Morgan fingerprint density at radius 3 is 2.45 bits per heavy atom. The van der Waals surface area contributed by atoms with E-state index in [-0.39, 0.29) is 0 Å². The third kappa shape index (κ3) is 3.61. The number of piperidine rings is 1. The van der Waals surface area contributed by atoms with Crippen LogP contribution in [0.5, 0.6) is 0 Å². The first-order valence-electron chi connectivity index (χ1n) is 8.56. The van der Waals surface area contributed by atoms with Crippen molar-refractivity contribution in [2.75, 3.05) is 44.2 Å². The molecule has 1 atom stereocenters. The Morgan fingerprint density at radius 1 is 1.05 bits per heavy atom. The van der Waals surface area contributed by atoms with Crippen LogP contribution in [0.4, 0.5) is 5.69 Å². The molecule has 0 aliphatic carbocycles. The van der Waals surface area contributed by atoms with E-state index in [2.05, 4.69) is 41.0 Å². The predicted molar refractivity (Wildman–Crippen MR) is 90.1 cm³/mol. The minimum absolute atomic E-state index is 0.307. The number of hydrogen-bond donors (Lipinski definition) is 0. The number of hydrogen-bond acceptors (Lipinski definition) is 3. The van der Waals surface area contributed by atoms with Gasteiger partial charge in [-0.05, 0) is 38.4 Å². The zero-order chi connectivity index (χ0) is 15.4. The molecule has 3 rings (SSSR count). The first kappa shape index (κ1) is 15.3. The summed E-state index contributed by atoms with van der Waals surface area (Å²) in [6, 6.07) is 11.0.